The highest BCUT2D eigenvalue weighted by Crippen LogP contribution is 2.46. The Kier molecular flexibility index (Phi) is 2.21. The van der Waals surface area contributed by atoms with Gasteiger partial charge in [0.25, 0.3) is 0 Å². The maximum Gasteiger partial charge on any atom is 0.306 e. The molecule has 0 aliphatic heterocycles. The van der Waals surface area contributed by atoms with E-state index in [0.29, 0.717) is 12.8 Å². The van der Waals surface area contributed by atoms with Gasteiger partial charge in [-0.2, -0.15) is 0 Å². The molecule has 2 aliphatic rings. The molecule has 4 nitrogen and oxygen atoms in total. The van der Waals surface area contributed by atoms with Crippen LogP contribution in [0.3, 0.4) is 0 Å². The van der Waals surface area contributed by atoms with E-state index in [1.807, 2.05) is 6.20 Å². The fourth-order valence-electron chi connectivity index (χ4n) is 2.42. The summed E-state index contributed by atoms with van der Waals surface area (Å²) in [5.74, 6) is -0.00707. The van der Waals surface area contributed by atoms with Crippen molar-refractivity contribution in [1.29, 1.82) is 0 Å². The van der Waals surface area contributed by atoms with Crippen LogP contribution in [-0.2, 0) is 23.1 Å². The maximum atomic E-state index is 11.0. The van der Waals surface area contributed by atoms with E-state index in [-0.39, 0.29) is 11.3 Å². The van der Waals surface area contributed by atoms with Gasteiger partial charge >= 0.3 is 5.97 Å². The van der Waals surface area contributed by atoms with Crippen molar-refractivity contribution in [3.8, 4) is 0 Å². The van der Waals surface area contributed by atoms with Crippen molar-refractivity contribution in [3.63, 3.8) is 0 Å². The maximum absolute atomic E-state index is 11.0. The molecule has 2 aliphatic carbocycles. The highest BCUT2D eigenvalue weighted by atomic mass is 16.4. The lowest BCUT2D eigenvalue weighted by Gasteiger charge is -2.21. The molecule has 1 atom stereocenters. The van der Waals surface area contributed by atoms with E-state index < -0.39 is 5.97 Å². The van der Waals surface area contributed by atoms with Crippen molar-refractivity contribution in [2.45, 2.75) is 44.4 Å². The van der Waals surface area contributed by atoms with Gasteiger partial charge in [0, 0.05) is 17.3 Å². The summed E-state index contributed by atoms with van der Waals surface area (Å²) in [6.45, 7) is 2.19. The summed E-state index contributed by atoms with van der Waals surface area (Å²) in [5, 5.41) is 9.02. The number of hydrogen-bond acceptors (Lipinski definition) is 3. The van der Waals surface area contributed by atoms with Gasteiger partial charge in [-0.25, -0.2) is 9.97 Å². The number of carboxylic acid groups (broad SMARTS) is 1. The summed E-state index contributed by atoms with van der Waals surface area (Å²) in [7, 11) is 0. The van der Waals surface area contributed by atoms with Crippen LogP contribution in [0.4, 0.5) is 0 Å². The number of carboxylic acids is 1. The number of aryl methyl sites for hydroxylation is 1. The molecule has 0 radical (unpaired) electrons. The van der Waals surface area contributed by atoms with Crippen LogP contribution in [0.25, 0.3) is 0 Å². The first-order valence-corrected chi connectivity index (χ1v) is 6.16. The van der Waals surface area contributed by atoms with Crippen molar-refractivity contribution in [1.82, 2.24) is 9.97 Å². The molecule has 0 spiro atoms. The second kappa shape index (κ2) is 3.52. The van der Waals surface area contributed by atoms with E-state index in [1.165, 1.54) is 12.8 Å². The minimum atomic E-state index is -0.700. The number of fused-ring (bicyclic) bond motifs is 1. The first-order chi connectivity index (χ1) is 8.08. The number of rotatable bonds is 2. The van der Waals surface area contributed by atoms with Gasteiger partial charge in [-0.3, -0.25) is 4.79 Å². The van der Waals surface area contributed by atoms with Gasteiger partial charge in [0.1, 0.15) is 5.82 Å². The average molecular weight is 232 g/mol. The third-order valence-electron chi connectivity index (χ3n) is 4.04. The zero-order valence-corrected chi connectivity index (χ0v) is 9.94. The van der Waals surface area contributed by atoms with Crippen LogP contribution in [0.15, 0.2) is 6.20 Å². The van der Waals surface area contributed by atoms with Gasteiger partial charge in [-0.05, 0) is 37.7 Å². The van der Waals surface area contributed by atoms with Crippen LogP contribution in [0, 0.1) is 5.92 Å². The molecule has 3 rings (SSSR count). The van der Waals surface area contributed by atoms with Crippen molar-refractivity contribution in [2.75, 3.05) is 0 Å². The Bertz CT molecular complexity index is 480. The lowest BCUT2D eigenvalue weighted by atomic mass is 9.87. The summed E-state index contributed by atoms with van der Waals surface area (Å²) in [6, 6.07) is 0. The summed E-state index contributed by atoms with van der Waals surface area (Å²) in [5.41, 5.74) is 2.29. The van der Waals surface area contributed by atoms with E-state index in [0.717, 1.165) is 23.5 Å². The Balaban J connectivity index is 1.89. The molecule has 1 aromatic heterocycles. The molecule has 1 aromatic rings. The minimum Gasteiger partial charge on any atom is -0.481 e. The number of carbonyl (C=O) groups is 1. The topological polar surface area (TPSA) is 63.1 Å². The third-order valence-corrected chi connectivity index (χ3v) is 4.04. The predicted molar refractivity (Wildman–Crippen MR) is 61.8 cm³/mol. The molecule has 1 unspecified atom stereocenters. The monoisotopic (exact) mass is 232 g/mol. The van der Waals surface area contributed by atoms with Gasteiger partial charge < -0.3 is 5.11 Å². The van der Waals surface area contributed by atoms with Crippen molar-refractivity contribution >= 4 is 5.97 Å². The largest absolute Gasteiger partial charge is 0.481 e. The van der Waals surface area contributed by atoms with E-state index in [4.69, 9.17) is 5.11 Å². The van der Waals surface area contributed by atoms with Crippen molar-refractivity contribution in [3.05, 3.63) is 23.3 Å². The second-order valence-electron chi connectivity index (χ2n) is 5.50. The number of hydrogen-bond donors (Lipinski definition) is 1. The fraction of sp³-hybridized carbons (Fsp3) is 0.615. The standard InChI is InChI=1S/C13H16N2O2/c1-13(4-5-13)12-14-7-9-6-8(11(16)17)2-3-10(9)15-12/h7-8H,2-6H2,1H3,(H,16,17). The first-order valence-electron chi connectivity index (χ1n) is 6.16. The fourth-order valence-corrected chi connectivity index (χ4v) is 2.42. The Hall–Kier alpha value is -1.45. The molecule has 90 valence electrons. The molecule has 4 heteroatoms. The van der Waals surface area contributed by atoms with E-state index in [9.17, 15) is 4.79 Å². The molecule has 1 saturated carbocycles. The molecule has 0 amide bonds. The highest BCUT2D eigenvalue weighted by Gasteiger charge is 2.42. The first kappa shape index (κ1) is 10.7. The summed E-state index contributed by atoms with van der Waals surface area (Å²) >= 11 is 0. The van der Waals surface area contributed by atoms with Crippen LogP contribution < -0.4 is 0 Å². The van der Waals surface area contributed by atoms with Crippen LogP contribution >= 0.6 is 0 Å². The zero-order valence-electron chi connectivity index (χ0n) is 9.94. The van der Waals surface area contributed by atoms with Crippen molar-refractivity contribution in [2.24, 2.45) is 5.92 Å². The molecular formula is C13H16N2O2. The van der Waals surface area contributed by atoms with Crippen LogP contribution in [0.2, 0.25) is 0 Å². The Labute approximate surface area is 100 Å². The quantitative estimate of drug-likeness (QED) is 0.843. The lowest BCUT2D eigenvalue weighted by molar-refractivity contribution is -0.142. The lowest BCUT2D eigenvalue weighted by Crippen LogP contribution is -2.24. The Morgan fingerprint density at radius 2 is 2.29 bits per heavy atom. The molecule has 17 heavy (non-hydrogen) atoms. The van der Waals surface area contributed by atoms with Crippen molar-refractivity contribution < 1.29 is 9.90 Å². The Morgan fingerprint density at radius 1 is 1.53 bits per heavy atom. The predicted octanol–water partition coefficient (Wildman–Crippen LogP) is 1.72. The molecular weight excluding hydrogens is 216 g/mol. The van der Waals surface area contributed by atoms with Gasteiger partial charge in [0.05, 0.1) is 5.92 Å². The minimum absolute atomic E-state index is 0.193. The average Bonchev–Trinajstić information content (AvgIpc) is 3.07. The van der Waals surface area contributed by atoms with Crippen LogP contribution in [0.5, 0.6) is 0 Å². The van der Waals surface area contributed by atoms with Gasteiger partial charge in [0.15, 0.2) is 0 Å². The second-order valence-corrected chi connectivity index (χ2v) is 5.50. The molecule has 0 saturated heterocycles. The summed E-state index contributed by atoms with van der Waals surface area (Å²) < 4.78 is 0. The molecule has 0 bridgehead atoms. The van der Waals surface area contributed by atoms with E-state index in [1.54, 1.807) is 0 Å². The van der Waals surface area contributed by atoms with Gasteiger partial charge in [-0.1, -0.05) is 6.92 Å². The van der Waals surface area contributed by atoms with E-state index >= 15 is 0 Å². The van der Waals surface area contributed by atoms with Crippen LogP contribution in [-0.4, -0.2) is 21.0 Å². The van der Waals surface area contributed by atoms with Gasteiger partial charge in [0.2, 0.25) is 0 Å². The van der Waals surface area contributed by atoms with Gasteiger partial charge in [-0.15, -0.1) is 0 Å². The number of aliphatic carboxylic acids is 1. The number of nitrogens with zero attached hydrogens (tertiary/aromatic N) is 2. The van der Waals surface area contributed by atoms with E-state index in [2.05, 4.69) is 16.9 Å². The smallest absolute Gasteiger partial charge is 0.306 e. The molecule has 0 aromatic carbocycles. The van der Waals surface area contributed by atoms with Crippen LogP contribution in [0.1, 0.15) is 43.3 Å². The molecule has 1 N–H and O–H groups in total. The zero-order chi connectivity index (χ0) is 12.0. The molecule has 1 heterocycles. The SMILES string of the molecule is CC1(c2ncc3c(n2)CCC(C(=O)O)C3)CC1. The number of aromatic nitrogens is 2. The highest BCUT2D eigenvalue weighted by molar-refractivity contribution is 5.70. The summed E-state index contributed by atoms with van der Waals surface area (Å²) in [4.78, 5) is 20.0. The Morgan fingerprint density at radius 3 is 2.94 bits per heavy atom. The third kappa shape index (κ3) is 1.81. The summed E-state index contributed by atoms with van der Waals surface area (Å²) in [6.07, 6.45) is 6.25. The molecule has 1 fully saturated rings. The normalized spacial score (nSPS) is 25.1.